The molecule has 0 saturated carbocycles. The van der Waals surface area contributed by atoms with Crippen molar-refractivity contribution in [1.29, 1.82) is 0 Å². The highest BCUT2D eigenvalue weighted by Gasteiger charge is 2.21. The molecule has 0 aliphatic carbocycles. The molecule has 0 radical (unpaired) electrons. The molecule has 1 unspecified atom stereocenters. The Morgan fingerprint density at radius 1 is 1.29 bits per heavy atom. The Morgan fingerprint density at radius 3 is 2.76 bits per heavy atom. The minimum Gasteiger partial charge on any atom is -0.351 e. The van der Waals surface area contributed by atoms with Gasteiger partial charge in [-0.3, -0.25) is 4.98 Å². The summed E-state index contributed by atoms with van der Waals surface area (Å²) in [5.41, 5.74) is 1.10. The highest BCUT2D eigenvalue weighted by molar-refractivity contribution is 5.38. The molecular weight excluding hydrogens is 262 g/mol. The van der Waals surface area contributed by atoms with Gasteiger partial charge in [0, 0.05) is 37.4 Å². The first-order chi connectivity index (χ1) is 9.85. The lowest BCUT2D eigenvalue weighted by Crippen LogP contribution is -2.39. The van der Waals surface area contributed by atoms with Crippen LogP contribution in [0.5, 0.6) is 0 Å². The summed E-state index contributed by atoms with van der Waals surface area (Å²) in [4.78, 5) is 14.0. The van der Waals surface area contributed by atoms with Gasteiger partial charge >= 0.3 is 0 Å². The predicted octanol–water partition coefficient (Wildman–Crippen LogP) is 1.90. The summed E-state index contributed by atoms with van der Waals surface area (Å²) in [7, 11) is 2.19. The molecule has 1 aliphatic rings. The lowest BCUT2D eigenvalue weighted by atomic mass is 10.1. The van der Waals surface area contributed by atoms with Gasteiger partial charge in [0.05, 0.1) is 11.9 Å². The summed E-state index contributed by atoms with van der Waals surface area (Å²) < 4.78 is 0. The molecule has 1 N–H and O–H groups in total. The van der Waals surface area contributed by atoms with Crippen LogP contribution in [0.4, 0.5) is 5.82 Å². The Bertz CT molecular complexity index is 454. The molecule has 1 fully saturated rings. The first kappa shape index (κ1) is 16.2. The fraction of sp³-hybridized carbons (Fsp3) is 0.750. The molecule has 1 saturated heterocycles. The van der Waals surface area contributed by atoms with Gasteiger partial charge in [0.1, 0.15) is 5.82 Å². The van der Waals surface area contributed by atoms with Crippen molar-refractivity contribution in [2.75, 3.05) is 31.6 Å². The number of aromatic nitrogens is 2. The first-order valence-corrected chi connectivity index (χ1v) is 7.86. The third-order valence-electron chi connectivity index (χ3n) is 3.81. The lowest BCUT2D eigenvalue weighted by Gasteiger charge is -2.29. The number of nitrogens with one attached hydrogen (secondary N) is 1. The zero-order valence-corrected chi connectivity index (χ0v) is 14.1. The molecule has 0 aromatic carbocycles. The van der Waals surface area contributed by atoms with Gasteiger partial charge in [0.15, 0.2) is 0 Å². The molecule has 1 atom stereocenters. The minimum atomic E-state index is 0.0935. The molecule has 5 nitrogen and oxygen atoms in total. The molecule has 118 valence electrons. The number of likely N-dealkylation sites (N-methyl/N-ethyl adjacent to an activating group) is 1. The molecular formula is C16H29N5. The Balaban J connectivity index is 2.09. The van der Waals surface area contributed by atoms with Crippen molar-refractivity contribution in [1.82, 2.24) is 20.2 Å². The van der Waals surface area contributed by atoms with E-state index in [0.717, 1.165) is 37.7 Å². The zero-order valence-electron chi connectivity index (χ0n) is 14.1. The standard InChI is InChI=1S/C16H29N5/c1-13-12-20(5)7-6-8-21(13)15-11-17-9-14(19-15)10-18-16(2,3)4/h9,11,13,18H,6-8,10,12H2,1-5H3. The molecule has 1 aliphatic heterocycles. The topological polar surface area (TPSA) is 44.3 Å². The van der Waals surface area contributed by atoms with Gasteiger partial charge in [-0.05, 0) is 47.7 Å². The van der Waals surface area contributed by atoms with Crippen molar-refractivity contribution in [3.8, 4) is 0 Å². The molecule has 0 amide bonds. The summed E-state index contributed by atoms with van der Waals surface area (Å²) in [6.45, 7) is 12.8. The van der Waals surface area contributed by atoms with E-state index in [4.69, 9.17) is 4.98 Å². The second-order valence-corrected chi connectivity index (χ2v) is 7.13. The van der Waals surface area contributed by atoms with Crippen LogP contribution in [-0.4, -0.2) is 53.1 Å². The molecule has 2 heterocycles. The maximum absolute atomic E-state index is 4.80. The molecule has 1 aromatic heterocycles. The summed E-state index contributed by atoms with van der Waals surface area (Å²) >= 11 is 0. The maximum Gasteiger partial charge on any atom is 0.147 e. The molecule has 1 aromatic rings. The number of hydrogen-bond acceptors (Lipinski definition) is 5. The Morgan fingerprint density at radius 2 is 2.05 bits per heavy atom. The number of anilines is 1. The van der Waals surface area contributed by atoms with Crippen LogP contribution in [0.2, 0.25) is 0 Å². The van der Waals surface area contributed by atoms with Crippen molar-refractivity contribution in [2.45, 2.75) is 52.2 Å². The van der Waals surface area contributed by atoms with E-state index in [-0.39, 0.29) is 5.54 Å². The first-order valence-electron chi connectivity index (χ1n) is 7.86. The molecule has 5 heteroatoms. The monoisotopic (exact) mass is 291 g/mol. The van der Waals surface area contributed by atoms with Crippen molar-refractivity contribution >= 4 is 5.82 Å². The van der Waals surface area contributed by atoms with Crippen molar-refractivity contribution in [2.24, 2.45) is 0 Å². The van der Waals surface area contributed by atoms with Crippen LogP contribution < -0.4 is 10.2 Å². The van der Waals surface area contributed by atoms with Crippen LogP contribution >= 0.6 is 0 Å². The second-order valence-electron chi connectivity index (χ2n) is 7.13. The molecule has 21 heavy (non-hydrogen) atoms. The maximum atomic E-state index is 4.80. The quantitative estimate of drug-likeness (QED) is 0.921. The van der Waals surface area contributed by atoms with E-state index < -0.39 is 0 Å². The average Bonchev–Trinajstić information content (AvgIpc) is 2.56. The van der Waals surface area contributed by atoms with Gasteiger partial charge in [0.2, 0.25) is 0 Å². The fourth-order valence-electron chi connectivity index (χ4n) is 2.69. The second kappa shape index (κ2) is 6.71. The smallest absolute Gasteiger partial charge is 0.147 e. The Hall–Kier alpha value is -1.20. The van der Waals surface area contributed by atoms with Crippen LogP contribution in [0, 0.1) is 0 Å². The number of hydrogen-bond donors (Lipinski definition) is 1. The number of nitrogens with zero attached hydrogens (tertiary/aromatic N) is 4. The van der Waals surface area contributed by atoms with E-state index in [2.05, 4.69) is 54.8 Å². The van der Waals surface area contributed by atoms with Gasteiger partial charge in [-0.25, -0.2) is 4.98 Å². The van der Waals surface area contributed by atoms with Gasteiger partial charge < -0.3 is 15.1 Å². The van der Waals surface area contributed by atoms with E-state index in [1.807, 2.05) is 12.4 Å². The van der Waals surface area contributed by atoms with Crippen LogP contribution in [0.25, 0.3) is 0 Å². The van der Waals surface area contributed by atoms with Gasteiger partial charge in [-0.2, -0.15) is 0 Å². The number of rotatable bonds is 3. The highest BCUT2D eigenvalue weighted by atomic mass is 15.3. The molecule has 0 bridgehead atoms. The summed E-state index contributed by atoms with van der Waals surface area (Å²) in [5.74, 6) is 1.01. The van der Waals surface area contributed by atoms with E-state index in [9.17, 15) is 0 Å². The molecule has 0 spiro atoms. The third kappa shape index (κ3) is 4.93. The van der Waals surface area contributed by atoms with Crippen molar-refractivity contribution < 1.29 is 0 Å². The minimum absolute atomic E-state index is 0.0935. The zero-order chi connectivity index (χ0) is 15.5. The van der Waals surface area contributed by atoms with E-state index in [1.165, 1.54) is 6.42 Å². The van der Waals surface area contributed by atoms with Gasteiger partial charge in [-0.1, -0.05) is 0 Å². The Labute approximate surface area is 128 Å². The SMILES string of the molecule is CC1CN(C)CCCN1c1cncc(CNC(C)(C)C)n1. The average molecular weight is 291 g/mol. The van der Waals surface area contributed by atoms with Gasteiger partial charge in [0.25, 0.3) is 0 Å². The van der Waals surface area contributed by atoms with E-state index in [1.54, 1.807) is 0 Å². The largest absolute Gasteiger partial charge is 0.351 e. The third-order valence-corrected chi connectivity index (χ3v) is 3.81. The fourth-order valence-corrected chi connectivity index (χ4v) is 2.69. The normalized spacial score (nSPS) is 21.4. The van der Waals surface area contributed by atoms with Gasteiger partial charge in [-0.15, -0.1) is 0 Å². The highest BCUT2D eigenvalue weighted by Crippen LogP contribution is 2.17. The van der Waals surface area contributed by atoms with E-state index in [0.29, 0.717) is 6.04 Å². The molecule has 2 rings (SSSR count). The van der Waals surface area contributed by atoms with E-state index >= 15 is 0 Å². The lowest BCUT2D eigenvalue weighted by molar-refractivity contribution is 0.337. The Kier molecular flexibility index (Phi) is 5.17. The predicted molar refractivity (Wildman–Crippen MR) is 87.5 cm³/mol. The summed E-state index contributed by atoms with van der Waals surface area (Å²) in [5, 5.41) is 3.47. The van der Waals surface area contributed by atoms with Crippen LogP contribution in [-0.2, 0) is 6.54 Å². The van der Waals surface area contributed by atoms with Crippen LogP contribution in [0.15, 0.2) is 12.4 Å². The van der Waals surface area contributed by atoms with Crippen LogP contribution in [0.1, 0.15) is 39.8 Å². The van der Waals surface area contributed by atoms with Crippen molar-refractivity contribution in [3.63, 3.8) is 0 Å². The summed E-state index contributed by atoms with van der Waals surface area (Å²) in [6, 6.07) is 0.470. The van der Waals surface area contributed by atoms with Crippen LogP contribution in [0.3, 0.4) is 0 Å². The summed E-state index contributed by atoms with van der Waals surface area (Å²) in [6.07, 6.45) is 4.92. The van der Waals surface area contributed by atoms with Crippen molar-refractivity contribution in [3.05, 3.63) is 18.1 Å².